The summed E-state index contributed by atoms with van der Waals surface area (Å²) in [5.74, 6) is 0.670. The molecule has 1 aliphatic heterocycles. The number of nitrogens with zero attached hydrogens (tertiary/aromatic N) is 1. The van der Waals surface area contributed by atoms with Crippen molar-refractivity contribution in [2.75, 3.05) is 25.6 Å². The van der Waals surface area contributed by atoms with E-state index in [0.717, 1.165) is 18.4 Å². The van der Waals surface area contributed by atoms with Crippen LogP contribution in [0.25, 0.3) is 0 Å². The maximum atomic E-state index is 12.9. The molecule has 0 spiro atoms. The molecule has 1 saturated carbocycles. The third-order valence-electron chi connectivity index (χ3n) is 4.15. The highest BCUT2D eigenvalue weighted by atomic mass is 35.5. The molecule has 2 aliphatic rings. The van der Waals surface area contributed by atoms with Gasteiger partial charge in [0.05, 0.1) is 24.7 Å². The summed E-state index contributed by atoms with van der Waals surface area (Å²) in [6, 6.07) is 10.1. The number of carbonyl (C=O) groups excluding carboxylic acids is 1. The average Bonchev–Trinajstić information content (AvgIpc) is 3.29. The van der Waals surface area contributed by atoms with Gasteiger partial charge in [0, 0.05) is 12.4 Å². The molecule has 1 aromatic rings. The van der Waals surface area contributed by atoms with Crippen LogP contribution in [0.4, 0.5) is 0 Å². The Morgan fingerprint density at radius 1 is 1.37 bits per heavy atom. The average molecular weight is 280 g/mol. The van der Waals surface area contributed by atoms with E-state index >= 15 is 0 Å². The van der Waals surface area contributed by atoms with Gasteiger partial charge in [-0.05, 0) is 18.4 Å². The summed E-state index contributed by atoms with van der Waals surface area (Å²) >= 11 is 5.96. The number of ether oxygens (including phenoxy) is 1. The second-order valence-corrected chi connectivity index (χ2v) is 5.64. The minimum absolute atomic E-state index is 0.0177. The zero-order valence-corrected chi connectivity index (χ0v) is 11.6. The molecule has 1 unspecified atom stereocenters. The topological polar surface area (TPSA) is 29.5 Å². The van der Waals surface area contributed by atoms with E-state index in [1.54, 1.807) is 0 Å². The van der Waals surface area contributed by atoms with Crippen molar-refractivity contribution in [3.8, 4) is 0 Å². The van der Waals surface area contributed by atoms with Gasteiger partial charge in [0.2, 0.25) is 5.91 Å². The minimum Gasteiger partial charge on any atom is -0.377 e. The maximum Gasteiger partial charge on any atom is 0.233 e. The smallest absolute Gasteiger partial charge is 0.233 e. The highest BCUT2D eigenvalue weighted by molar-refractivity contribution is 6.18. The Balaban J connectivity index is 1.83. The SMILES string of the molecule is O=C(N1CCOCC1CCl)C1(c2ccccc2)CC1. The summed E-state index contributed by atoms with van der Waals surface area (Å²) in [7, 11) is 0. The highest BCUT2D eigenvalue weighted by Gasteiger charge is 2.53. The minimum atomic E-state index is -0.289. The number of morpholine rings is 1. The second-order valence-electron chi connectivity index (χ2n) is 5.33. The Morgan fingerprint density at radius 2 is 2.11 bits per heavy atom. The van der Waals surface area contributed by atoms with Crippen molar-refractivity contribution in [1.82, 2.24) is 4.90 Å². The predicted octanol–water partition coefficient (Wildman–Crippen LogP) is 2.18. The van der Waals surface area contributed by atoms with Gasteiger partial charge in [0.15, 0.2) is 0 Å². The van der Waals surface area contributed by atoms with Crippen LogP contribution in [0.3, 0.4) is 0 Å². The molecule has 1 amide bonds. The first kappa shape index (κ1) is 12.9. The summed E-state index contributed by atoms with van der Waals surface area (Å²) in [5, 5.41) is 0. The van der Waals surface area contributed by atoms with Gasteiger partial charge in [-0.3, -0.25) is 4.79 Å². The van der Waals surface area contributed by atoms with Gasteiger partial charge in [0.25, 0.3) is 0 Å². The van der Waals surface area contributed by atoms with Crippen molar-refractivity contribution in [2.24, 2.45) is 0 Å². The Bertz CT molecular complexity index is 458. The van der Waals surface area contributed by atoms with Gasteiger partial charge in [-0.25, -0.2) is 0 Å². The van der Waals surface area contributed by atoms with Crippen molar-refractivity contribution >= 4 is 17.5 Å². The lowest BCUT2D eigenvalue weighted by atomic mass is 9.93. The van der Waals surface area contributed by atoms with Gasteiger partial charge >= 0.3 is 0 Å². The summed E-state index contributed by atoms with van der Waals surface area (Å²) < 4.78 is 5.41. The van der Waals surface area contributed by atoms with Crippen LogP contribution in [0.2, 0.25) is 0 Å². The van der Waals surface area contributed by atoms with Crippen LogP contribution in [-0.4, -0.2) is 42.5 Å². The van der Waals surface area contributed by atoms with Gasteiger partial charge in [0.1, 0.15) is 0 Å². The molecule has 1 heterocycles. The van der Waals surface area contributed by atoms with Gasteiger partial charge in [-0.1, -0.05) is 30.3 Å². The van der Waals surface area contributed by atoms with E-state index in [9.17, 15) is 4.79 Å². The molecule has 19 heavy (non-hydrogen) atoms. The molecule has 1 aromatic carbocycles. The monoisotopic (exact) mass is 279 g/mol. The molecule has 1 saturated heterocycles. The largest absolute Gasteiger partial charge is 0.377 e. The summed E-state index contributed by atoms with van der Waals surface area (Å²) in [6.45, 7) is 1.83. The van der Waals surface area contributed by atoms with Crippen LogP contribution in [0, 0.1) is 0 Å². The third-order valence-corrected chi connectivity index (χ3v) is 4.51. The standard InChI is InChI=1S/C15H18ClNO2/c16-10-13-11-19-9-8-17(13)14(18)15(6-7-15)12-4-2-1-3-5-12/h1-5,13H,6-11H2. The Kier molecular flexibility index (Phi) is 3.50. The first-order valence-corrected chi connectivity index (χ1v) is 7.32. The van der Waals surface area contributed by atoms with E-state index in [4.69, 9.17) is 16.3 Å². The molecule has 102 valence electrons. The first-order chi connectivity index (χ1) is 9.28. The molecule has 0 aromatic heterocycles. The molecule has 0 bridgehead atoms. The van der Waals surface area contributed by atoms with Crippen molar-refractivity contribution in [2.45, 2.75) is 24.3 Å². The van der Waals surface area contributed by atoms with E-state index in [2.05, 4.69) is 12.1 Å². The van der Waals surface area contributed by atoms with Crippen LogP contribution >= 0.6 is 11.6 Å². The molecule has 3 nitrogen and oxygen atoms in total. The fourth-order valence-corrected chi connectivity index (χ4v) is 3.09. The van der Waals surface area contributed by atoms with Gasteiger partial charge in [-0.2, -0.15) is 0 Å². The number of alkyl halides is 1. The lowest BCUT2D eigenvalue weighted by Crippen LogP contribution is -2.53. The normalized spacial score (nSPS) is 25.1. The molecule has 3 rings (SSSR count). The van der Waals surface area contributed by atoms with E-state index in [1.807, 2.05) is 23.1 Å². The number of benzene rings is 1. The van der Waals surface area contributed by atoms with Crippen molar-refractivity contribution in [3.63, 3.8) is 0 Å². The summed E-state index contributed by atoms with van der Waals surface area (Å²) in [4.78, 5) is 14.8. The van der Waals surface area contributed by atoms with Crippen molar-refractivity contribution in [1.29, 1.82) is 0 Å². The highest BCUT2D eigenvalue weighted by Crippen LogP contribution is 2.49. The first-order valence-electron chi connectivity index (χ1n) is 6.78. The van der Waals surface area contributed by atoms with Gasteiger partial charge < -0.3 is 9.64 Å². The molecule has 0 radical (unpaired) electrons. The fraction of sp³-hybridized carbons (Fsp3) is 0.533. The van der Waals surface area contributed by atoms with Crippen LogP contribution in [0.15, 0.2) is 30.3 Å². The number of rotatable bonds is 3. The van der Waals surface area contributed by atoms with Crippen LogP contribution in [-0.2, 0) is 14.9 Å². The lowest BCUT2D eigenvalue weighted by Gasteiger charge is -2.37. The fourth-order valence-electron chi connectivity index (χ4n) is 2.83. The van der Waals surface area contributed by atoms with E-state index in [0.29, 0.717) is 25.6 Å². The summed E-state index contributed by atoms with van der Waals surface area (Å²) in [5.41, 5.74) is 0.850. The number of amides is 1. The lowest BCUT2D eigenvalue weighted by molar-refractivity contribution is -0.141. The van der Waals surface area contributed by atoms with Crippen LogP contribution in [0.5, 0.6) is 0 Å². The van der Waals surface area contributed by atoms with Crippen LogP contribution < -0.4 is 0 Å². The maximum absolute atomic E-state index is 12.9. The van der Waals surface area contributed by atoms with E-state index < -0.39 is 0 Å². The molecular weight excluding hydrogens is 262 g/mol. The molecule has 4 heteroatoms. The number of halogens is 1. The second kappa shape index (κ2) is 5.14. The third kappa shape index (κ3) is 2.26. The van der Waals surface area contributed by atoms with E-state index in [1.165, 1.54) is 0 Å². The molecule has 0 N–H and O–H groups in total. The molecule has 1 aliphatic carbocycles. The van der Waals surface area contributed by atoms with E-state index in [-0.39, 0.29) is 17.4 Å². The molecule has 2 fully saturated rings. The zero-order chi connectivity index (χ0) is 13.3. The Morgan fingerprint density at radius 3 is 2.74 bits per heavy atom. The van der Waals surface area contributed by atoms with Crippen LogP contribution in [0.1, 0.15) is 18.4 Å². The Hall–Kier alpha value is -1.06. The quantitative estimate of drug-likeness (QED) is 0.794. The predicted molar refractivity (Wildman–Crippen MR) is 74.4 cm³/mol. The number of hydrogen-bond acceptors (Lipinski definition) is 2. The van der Waals surface area contributed by atoms with Gasteiger partial charge in [-0.15, -0.1) is 11.6 Å². The van der Waals surface area contributed by atoms with Crippen molar-refractivity contribution in [3.05, 3.63) is 35.9 Å². The number of carbonyl (C=O) groups is 1. The molecular formula is C15H18ClNO2. The Labute approximate surface area is 118 Å². The number of hydrogen-bond donors (Lipinski definition) is 0. The molecule has 1 atom stereocenters. The zero-order valence-electron chi connectivity index (χ0n) is 10.8. The summed E-state index contributed by atoms with van der Waals surface area (Å²) in [6.07, 6.45) is 1.89. The van der Waals surface area contributed by atoms with Crippen molar-refractivity contribution < 1.29 is 9.53 Å².